The van der Waals surface area contributed by atoms with Gasteiger partial charge in [0.1, 0.15) is 5.82 Å². The van der Waals surface area contributed by atoms with Crippen molar-refractivity contribution >= 4 is 5.91 Å². The molecular weight excluding hydrogens is 306 g/mol. The molecule has 0 aliphatic carbocycles. The smallest absolute Gasteiger partial charge is 0.251 e. The summed E-state index contributed by atoms with van der Waals surface area (Å²) in [5.74, 6) is 0.158. The van der Waals surface area contributed by atoms with Crippen molar-refractivity contribution in [2.45, 2.75) is 13.0 Å². The lowest BCUT2D eigenvalue weighted by atomic mass is 10.2. The number of aromatic amines is 1. The predicted octanol–water partition coefficient (Wildman–Crippen LogP) is 1.72. The molecule has 0 radical (unpaired) electrons. The first kappa shape index (κ1) is 15.5. The van der Waals surface area contributed by atoms with Crippen molar-refractivity contribution in [3.05, 3.63) is 76.7 Å². The number of carbonyl (C=O) groups excluding carboxylic acids is 1. The molecule has 0 bridgehead atoms. The van der Waals surface area contributed by atoms with Crippen molar-refractivity contribution in [2.24, 2.45) is 0 Å². The van der Waals surface area contributed by atoms with Crippen LogP contribution in [0.15, 0.2) is 59.9 Å². The van der Waals surface area contributed by atoms with Crippen LogP contribution < -0.4 is 10.9 Å². The minimum atomic E-state index is -0.427. The van der Waals surface area contributed by atoms with E-state index in [1.807, 2.05) is 0 Å². The summed E-state index contributed by atoms with van der Waals surface area (Å²) in [6.45, 7) is 1.77. The Hall–Kier alpha value is -3.35. The van der Waals surface area contributed by atoms with Crippen molar-refractivity contribution < 1.29 is 4.79 Å². The number of nitrogens with one attached hydrogen (secondary N) is 2. The average Bonchev–Trinajstić information content (AvgIpc) is 2.62. The lowest BCUT2D eigenvalue weighted by molar-refractivity contribution is 0.0939. The minimum absolute atomic E-state index is 0.255. The molecule has 3 rings (SSSR count). The van der Waals surface area contributed by atoms with Crippen LogP contribution in [-0.2, 0) is 0 Å². The normalized spacial score (nSPS) is 11.7. The second-order valence-electron chi connectivity index (χ2n) is 5.19. The molecule has 0 spiro atoms. The fraction of sp³-hybridized carbons (Fsp3) is 0.118. The number of H-pyrrole nitrogens is 1. The summed E-state index contributed by atoms with van der Waals surface area (Å²) >= 11 is 0. The number of amides is 1. The Morgan fingerprint density at radius 1 is 1.17 bits per heavy atom. The van der Waals surface area contributed by atoms with Crippen LogP contribution in [0.1, 0.15) is 29.0 Å². The topological polar surface area (TPSA) is 101 Å². The number of hydrogen-bond donors (Lipinski definition) is 2. The molecule has 3 aromatic heterocycles. The lowest BCUT2D eigenvalue weighted by Crippen LogP contribution is -2.28. The van der Waals surface area contributed by atoms with Crippen LogP contribution in [-0.4, -0.2) is 25.8 Å². The first-order chi connectivity index (χ1) is 11.6. The van der Waals surface area contributed by atoms with E-state index in [0.717, 1.165) is 0 Å². The minimum Gasteiger partial charge on any atom is -0.344 e. The molecule has 0 aliphatic rings. The largest absolute Gasteiger partial charge is 0.344 e. The van der Waals surface area contributed by atoms with Crippen LogP contribution >= 0.6 is 0 Å². The SMILES string of the molecule is C[C@@H](NC(=O)c1ccncc1)c1cc(=O)[nH]c(-c2cccnc2)n1. The standard InChI is InChI=1S/C17H15N5O2/c1-11(20-17(24)12-4-7-18-8-5-12)14-9-15(23)22-16(21-14)13-3-2-6-19-10-13/h2-11H,1H3,(H,20,24)(H,21,22,23)/t11-/m1/s1. The monoisotopic (exact) mass is 321 g/mol. The highest BCUT2D eigenvalue weighted by Gasteiger charge is 2.14. The van der Waals surface area contributed by atoms with Gasteiger partial charge in [-0.2, -0.15) is 0 Å². The van der Waals surface area contributed by atoms with Crippen LogP contribution in [0, 0.1) is 0 Å². The first-order valence-electron chi connectivity index (χ1n) is 7.36. The molecule has 2 N–H and O–H groups in total. The zero-order chi connectivity index (χ0) is 16.9. The van der Waals surface area contributed by atoms with Crippen LogP contribution in [0.5, 0.6) is 0 Å². The molecule has 24 heavy (non-hydrogen) atoms. The summed E-state index contributed by atoms with van der Waals surface area (Å²) in [6, 6.07) is 7.75. The fourth-order valence-corrected chi connectivity index (χ4v) is 2.20. The molecule has 0 aromatic carbocycles. The summed E-state index contributed by atoms with van der Waals surface area (Å²) < 4.78 is 0. The van der Waals surface area contributed by atoms with Gasteiger partial charge >= 0.3 is 0 Å². The van der Waals surface area contributed by atoms with Crippen LogP contribution in [0.2, 0.25) is 0 Å². The Labute approximate surface area is 137 Å². The Bertz CT molecular complexity index is 894. The van der Waals surface area contributed by atoms with Crippen LogP contribution in [0.25, 0.3) is 11.4 Å². The number of carbonyl (C=O) groups is 1. The average molecular weight is 321 g/mol. The van der Waals surface area contributed by atoms with Gasteiger partial charge < -0.3 is 10.3 Å². The zero-order valence-corrected chi connectivity index (χ0v) is 12.9. The second-order valence-corrected chi connectivity index (χ2v) is 5.19. The summed E-state index contributed by atoms with van der Waals surface area (Å²) in [5, 5.41) is 2.82. The number of nitrogens with zero attached hydrogens (tertiary/aromatic N) is 3. The van der Waals surface area contributed by atoms with Crippen LogP contribution in [0.3, 0.4) is 0 Å². The number of pyridine rings is 2. The van der Waals surface area contributed by atoms with Gasteiger partial charge in [-0.15, -0.1) is 0 Å². The molecule has 0 saturated carbocycles. The van der Waals surface area contributed by atoms with E-state index in [0.29, 0.717) is 22.6 Å². The summed E-state index contributed by atoms with van der Waals surface area (Å²) in [5.41, 5.74) is 1.38. The van der Waals surface area contributed by atoms with Crippen molar-refractivity contribution in [1.82, 2.24) is 25.3 Å². The quantitative estimate of drug-likeness (QED) is 0.762. The molecule has 1 amide bonds. The Morgan fingerprint density at radius 3 is 2.67 bits per heavy atom. The predicted molar refractivity (Wildman–Crippen MR) is 88.2 cm³/mol. The molecule has 1 atom stereocenters. The Balaban J connectivity index is 1.85. The molecule has 7 heteroatoms. The maximum atomic E-state index is 12.2. The van der Waals surface area contributed by atoms with Gasteiger partial charge in [0.05, 0.1) is 11.7 Å². The van der Waals surface area contributed by atoms with Gasteiger partial charge in [0, 0.05) is 42.0 Å². The second kappa shape index (κ2) is 6.82. The van der Waals surface area contributed by atoms with E-state index >= 15 is 0 Å². The third-order valence-electron chi connectivity index (χ3n) is 3.43. The Morgan fingerprint density at radius 2 is 1.96 bits per heavy atom. The van der Waals surface area contributed by atoms with E-state index in [1.165, 1.54) is 6.07 Å². The molecule has 3 aromatic rings. The Kier molecular flexibility index (Phi) is 4.42. The molecule has 0 saturated heterocycles. The van der Waals surface area contributed by atoms with Crippen molar-refractivity contribution in [1.29, 1.82) is 0 Å². The highest BCUT2D eigenvalue weighted by Crippen LogP contribution is 2.15. The van der Waals surface area contributed by atoms with E-state index in [-0.39, 0.29) is 11.5 Å². The first-order valence-corrected chi connectivity index (χ1v) is 7.36. The highest BCUT2D eigenvalue weighted by molar-refractivity contribution is 5.94. The third kappa shape index (κ3) is 3.52. The summed E-state index contributed by atoms with van der Waals surface area (Å²) in [7, 11) is 0. The van der Waals surface area contributed by atoms with E-state index in [9.17, 15) is 9.59 Å². The van der Waals surface area contributed by atoms with Gasteiger partial charge in [0.25, 0.3) is 11.5 Å². The van der Waals surface area contributed by atoms with Gasteiger partial charge in [-0.05, 0) is 31.2 Å². The van der Waals surface area contributed by atoms with Gasteiger partial charge in [0.2, 0.25) is 0 Å². The van der Waals surface area contributed by atoms with E-state index < -0.39 is 6.04 Å². The van der Waals surface area contributed by atoms with Crippen molar-refractivity contribution in [3.63, 3.8) is 0 Å². The summed E-state index contributed by atoms with van der Waals surface area (Å²) in [6.07, 6.45) is 6.35. The number of hydrogen-bond acceptors (Lipinski definition) is 5. The fourth-order valence-electron chi connectivity index (χ4n) is 2.20. The van der Waals surface area contributed by atoms with Crippen molar-refractivity contribution in [2.75, 3.05) is 0 Å². The molecule has 7 nitrogen and oxygen atoms in total. The molecular formula is C17H15N5O2. The van der Waals surface area contributed by atoms with E-state index in [2.05, 4.69) is 25.3 Å². The maximum absolute atomic E-state index is 12.2. The van der Waals surface area contributed by atoms with Crippen molar-refractivity contribution in [3.8, 4) is 11.4 Å². The molecule has 0 aliphatic heterocycles. The molecule has 120 valence electrons. The third-order valence-corrected chi connectivity index (χ3v) is 3.43. The highest BCUT2D eigenvalue weighted by atomic mass is 16.1. The van der Waals surface area contributed by atoms with Gasteiger partial charge in [0.15, 0.2) is 0 Å². The number of rotatable bonds is 4. The van der Waals surface area contributed by atoms with Crippen LogP contribution in [0.4, 0.5) is 0 Å². The lowest BCUT2D eigenvalue weighted by Gasteiger charge is -2.14. The molecule has 3 heterocycles. The zero-order valence-electron chi connectivity index (χ0n) is 12.9. The van der Waals surface area contributed by atoms with Gasteiger partial charge in [-0.3, -0.25) is 19.6 Å². The summed E-state index contributed by atoms with van der Waals surface area (Å²) in [4.78, 5) is 39.1. The van der Waals surface area contributed by atoms with E-state index in [1.54, 1.807) is 56.0 Å². The molecule has 0 fully saturated rings. The van der Waals surface area contributed by atoms with Gasteiger partial charge in [-0.1, -0.05) is 0 Å². The molecule has 0 unspecified atom stereocenters. The maximum Gasteiger partial charge on any atom is 0.251 e. The van der Waals surface area contributed by atoms with Gasteiger partial charge in [-0.25, -0.2) is 4.98 Å². The van der Waals surface area contributed by atoms with E-state index in [4.69, 9.17) is 0 Å². The number of aromatic nitrogens is 4.